The third-order valence-corrected chi connectivity index (χ3v) is 7.21. The van der Waals surface area contributed by atoms with Gasteiger partial charge in [0.2, 0.25) is 11.7 Å². The van der Waals surface area contributed by atoms with Gasteiger partial charge < -0.3 is 14.5 Å². The summed E-state index contributed by atoms with van der Waals surface area (Å²) < 4.78 is 12.4. The molecule has 8 nitrogen and oxygen atoms in total. The number of furan rings is 1. The van der Waals surface area contributed by atoms with Crippen LogP contribution in [0.1, 0.15) is 41.4 Å². The van der Waals surface area contributed by atoms with Crippen molar-refractivity contribution in [2.24, 2.45) is 0 Å². The normalized spacial score (nSPS) is 11.1. The lowest BCUT2D eigenvalue weighted by Crippen LogP contribution is -2.16. The van der Waals surface area contributed by atoms with Crippen LogP contribution < -0.4 is 5.32 Å². The molecule has 0 aliphatic carbocycles. The monoisotopic (exact) mass is 510 g/mol. The lowest BCUT2D eigenvalue weighted by molar-refractivity contribution is -0.113. The van der Waals surface area contributed by atoms with Gasteiger partial charge in [-0.3, -0.25) is 9.36 Å². The highest BCUT2D eigenvalue weighted by molar-refractivity contribution is 7.99. The van der Waals surface area contributed by atoms with Crippen LogP contribution in [-0.4, -0.2) is 39.5 Å². The van der Waals surface area contributed by atoms with E-state index in [4.69, 9.17) is 9.15 Å². The van der Waals surface area contributed by atoms with E-state index in [1.165, 1.54) is 30.2 Å². The van der Waals surface area contributed by atoms with Crippen molar-refractivity contribution in [1.29, 1.82) is 0 Å². The van der Waals surface area contributed by atoms with Crippen LogP contribution in [-0.2, 0) is 9.53 Å². The molecule has 0 radical (unpaired) electrons. The number of aromatic nitrogens is 3. The van der Waals surface area contributed by atoms with Crippen LogP contribution in [0, 0.1) is 13.8 Å². The number of hydrogen-bond donors (Lipinski definition) is 1. The molecule has 3 aromatic heterocycles. The van der Waals surface area contributed by atoms with Gasteiger partial charge in [-0.1, -0.05) is 35.5 Å². The molecule has 10 heteroatoms. The minimum atomic E-state index is -0.493. The van der Waals surface area contributed by atoms with Crippen molar-refractivity contribution < 1.29 is 18.7 Å². The van der Waals surface area contributed by atoms with Gasteiger partial charge in [-0.15, -0.1) is 21.5 Å². The number of nitrogens with one attached hydrogen (secondary N) is 1. The Bertz CT molecular complexity index is 1360. The first kappa shape index (κ1) is 24.7. The van der Waals surface area contributed by atoms with Gasteiger partial charge in [0.1, 0.15) is 10.6 Å². The number of nitrogens with zero attached hydrogens (tertiary/aromatic N) is 3. The maximum absolute atomic E-state index is 12.9. The molecule has 35 heavy (non-hydrogen) atoms. The Balaban J connectivity index is 1.55. The first-order valence-corrected chi connectivity index (χ1v) is 12.9. The van der Waals surface area contributed by atoms with Gasteiger partial charge in [0.15, 0.2) is 10.9 Å². The molecule has 0 aliphatic heterocycles. The predicted molar refractivity (Wildman–Crippen MR) is 138 cm³/mol. The topological polar surface area (TPSA) is 99.2 Å². The van der Waals surface area contributed by atoms with Gasteiger partial charge in [-0.2, -0.15) is 0 Å². The molecule has 1 amide bonds. The second-order valence-electron chi connectivity index (χ2n) is 8.25. The van der Waals surface area contributed by atoms with Crippen molar-refractivity contribution in [3.63, 3.8) is 0 Å². The zero-order valence-electron chi connectivity index (χ0n) is 20.1. The molecule has 182 valence electrons. The van der Waals surface area contributed by atoms with Crippen LogP contribution in [0.25, 0.3) is 22.7 Å². The van der Waals surface area contributed by atoms with Gasteiger partial charge in [0.25, 0.3) is 0 Å². The average Bonchev–Trinajstić information content (AvgIpc) is 3.58. The Kier molecular flexibility index (Phi) is 7.42. The number of hydrogen-bond acceptors (Lipinski definition) is 8. The number of carbonyl (C=O) groups excluding carboxylic acids is 2. The summed E-state index contributed by atoms with van der Waals surface area (Å²) in [6.45, 7) is 8.02. The van der Waals surface area contributed by atoms with E-state index in [0.29, 0.717) is 27.3 Å². The summed E-state index contributed by atoms with van der Waals surface area (Å²) in [6.07, 6.45) is 1.58. The van der Waals surface area contributed by atoms with Crippen molar-refractivity contribution in [2.45, 2.75) is 38.9 Å². The van der Waals surface area contributed by atoms with Crippen molar-refractivity contribution in [1.82, 2.24) is 14.8 Å². The number of benzene rings is 1. The predicted octanol–water partition coefficient (Wildman–Crippen LogP) is 5.98. The molecule has 3 heterocycles. The standard InChI is InChI=1S/C25H26N4O4S2/c1-14(2)29-22(19-7-6-10-33-19)27-28-25(29)35-13-20(30)26-23-21(24(31)32-5)18(12-34-23)17-11-15(3)8-9-16(17)4/h6-12,14H,13H2,1-5H3,(H,26,30). The number of methoxy groups -OCH3 is 1. The van der Waals surface area contributed by atoms with Gasteiger partial charge in [0.05, 0.1) is 19.1 Å². The first-order chi connectivity index (χ1) is 16.8. The number of aryl methyl sites for hydroxylation is 2. The summed E-state index contributed by atoms with van der Waals surface area (Å²) in [6, 6.07) is 9.75. The lowest BCUT2D eigenvalue weighted by Gasteiger charge is -2.12. The molecular weight excluding hydrogens is 484 g/mol. The molecule has 0 atom stereocenters. The Hall–Kier alpha value is -3.37. The molecule has 4 rings (SSSR count). The smallest absolute Gasteiger partial charge is 0.341 e. The lowest BCUT2D eigenvalue weighted by atomic mass is 9.97. The fraction of sp³-hybridized carbons (Fsp3) is 0.280. The van der Waals surface area contributed by atoms with E-state index >= 15 is 0 Å². The average molecular weight is 511 g/mol. The van der Waals surface area contributed by atoms with E-state index in [-0.39, 0.29) is 17.7 Å². The van der Waals surface area contributed by atoms with Gasteiger partial charge in [-0.05, 0) is 51.0 Å². The highest BCUT2D eigenvalue weighted by Gasteiger charge is 2.24. The molecule has 0 aliphatic rings. The van der Waals surface area contributed by atoms with Crippen molar-refractivity contribution >= 4 is 40.0 Å². The Morgan fingerprint density at radius 1 is 1.20 bits per heavy atom. The van der Waals surface area contributed by atoms with Crippen LogP contribution in [0.3, 0.4) is 0 Å². The number of rotatable bonds is 8. The number of thiophene rings is 1. The van der Waals surface area contributed by atoms with Gasteiger partial charge >= 0.3 is 5.97 Å². The molecule has 0 saturated heterocycles. The second kappa shape index (κ2) is 10.5. The number of amides is 1. The number of thioether (sulfide) groups is 1. The van der Waals surface area contributed by atoms with Crippen molar-refractivity contribution in [2.75, 3.05) is 18.2 Å². The first-order valence-electron chi connectivity index (χ1n) is 11.0. The number of anilines is 1. The van der Waals surface area contributed by atoms with Crippen LogP contribution >= 0.6 is 23.1 Å². The third kappa shape index (κ3) is 5.18. The molecule has 0 saturated carbocycles. The maximum Gasteiger partial charge on any atom is 0.341 e. The van der Waals surface area contributed by atoms with E-state index in [2.05, 4.69) is 15.5 Å². The van der Waals surface area contributed by atoms with Crippen LogP contribution in [0.4, 0.5) is 5.00 Å². The van der Waals surface area contributed by atoms with E-state index in [0.717, 1.165) is 22.3 Å². The molecule has 0 fully saturated rings. The maximum atomic E-state index is 12.9. The highest BCUT2D eigenvalue weighted by Crippen LogP contribution is 2.38. The summed E-state index contributed by atoms with van der Waals surface area (Å²) in [7, 11) is 1.34. The highest BCUT2D eigenvalue weighted by atomic mass is 32.2. The number of ether oxygens (including phenoxy) is 1. The number of carbonyl (C=O) groups is 2. The summed E-state index contributed by atoms with van der Waals surface area (Å²) >= 11 is 2.57. The summed E-state index contributed by atoms with van der Waals surface area (Å²) in [5.41, 5.74) is 4.15. The van der Waals surface area contributed by atoms with Gasteiger partial charge in [0, 0.05) is 17.0 Å². The van der Waals surface area contributed by atoms with Crippen LogP contribution in [0.2, 0.25) is 0 Å². The molecule has 0 spiro atoms. The van der Waals surface area contributed by atoms with E-state index in [9.17, 15) is 9.59 Å². The SMILES string of the molecule is COC(=O)c1c(-c2cc(C)ccc2C)csc1NC(=O)CSc1nnc(-c2ccco2)n1C(C)C. The molecule has 1 N–H and O–H groups in total. The van der Waals surface area contributed by atoms with Crippen molar-refractivity contribution in [3.05, 3.63) is 58.7 Å². The minimum Gasteiger partial charge on any atom is -0.465 e. The Morgan fingerprint density at radius 3 is 2.69 bits per heavy atom. The second-order valence-corrected chi connectivity index (χ2v) is 10.1. The zero-order chi connectivity index (χ0) is 25.1. The molecule has 4 aromatic rings. The van der Waals surface area contributed by atoms with Crippen LogP contribution in [0.15, 0.2) is 51.5 Å². The largest absolute Gasteiger partial charge is 0.465 e. The van der Waals surface area contributed by atoms with Gasteiger partial charge in [-0.25, -0.2) is 4.79 Å². The van der Waals surface area contributed by atoms with E-state index in [1.807, 2.05) is 61.9 Å². The fourth-order valence-corrected chi connectivity index (χ4v) is 5.52. The summed E-state index contributed by atoms with van der Waals surface area (Å²) in [5.74, 6) is 0.570. The molecular formula is C25H26N4O4S2. The molecule has 0 bridgehead atoms. The Labute approximate surface area is 211 Å². The number of esters is 1. The molecule has 0 unspecified atom stereocenters. The quantitative estimate of drug-likeness (QED) is 0.230. The van der Waals surface area contributed by atoms with Crippen LogP contribution in [0.5, 0.6) is 0 Å². The van der Waals surface area contributed by atoms with Crippen molar-refractivity contribution in [3.8, 4) is 22.7 Å². The van der Waals surface area contributed by atoms with E-state index in [1.54, 1.807) is 12.3 Å². The Morgan fingerprint density at radius 2 is 2.00 bits per heavy atom. The van der Waals surface area contributed by atoms with E-state index < -0.39 is 5.97 Å². The minimum absolute atomic E-state index is 0.0685. The fourth-order valence-electron chi connectivity index (χ4n) is 3.69. The summed E-state index contributed by atoms with van der Waals surface area (Å²) in [4.78, 5) is 25.6. The summed E-state index contributed by atoms with van der Waals surface area (Å²) in [5, 5.41) is 14.3. The molecule has 1 aromatic carbocycles. The third-order valence-electron chi connectivity index (χ3n) is 5.37. The zero-order valence-corrected chi connectivity index (χ0v) is 21.8.